The van der Waals surface area contributed by atoms with Crippen molar-refractivity contribution in [3.8, 4) is 0 Å². The first-order valence-corrected chi connectivity index (χ1v) is 11.4. The Morgan fingerprint density at radius 3 is 3.00 bits per heavy atom. The zero-order chi connectivity index (χ0) is 24.3. The van der Waals surface area contributed by atoms with Crippen LogP contribution in [0, 0.1) is 0 Å². The topological polar surface area (TPSA) is 78.8 Å². The molecule has 2 aliphatic heterocycles. The van der Waals surface area contributed by atoms with E-state index in [1.165, 1.54) is 12.6 Å². The predicted molar refractivity (Wildman–Crippen MR) is 137 cm³/mol. The van der Waals surface area contributed by atoms with Crippen LogP contribution in [0.3, 0.4) is 0 Å². The molecular weight excluding hydrogens is 430 g/mol. The number of hydrogen-bond donors (Lipinski definition) is 1. The lowest BCUT2D eigenvalue weighted by Crippen LogP contribution is -2.34. The molecule has 1 aromatic rings. The molecule has 1 N–H and O–H groups in total. The molecule has 180 valence electrons. The van der Waals surface area contributed by atoms with Gasteiger partial charge < -0.3 is 24.7 Å². The predicted octanol–water partition coefficient (Wildman–Crippen LogP) is 3.40. The number of nitrogens with one attached hydrogen (secondary N) is 1. The molecule has 0 radical (unpaired) electrons. The average Bonchev–Trinajstić information content (AvgIpc) is 3.17. The Morgan fingerprint density at radius 2 is 2.24 bits per heavy atom. The maximum atomic E-state index is 13.4. The molecule has 0 saturated carbocycles. The van der Waals surface area contributed by atoms with Crippen molar-refractivity contribution < 1.29 is 14.4 Å². The summed E-state index contributed by atoms with van der Waals surface area (Å²) in [5.74, 6) is 0.383. The molecule has 3 rings (SSSR count). The van der Waals surface area contributed by atoms with Gasteiger partial charge >= 0.3 is 0 Å². The van der Waals surface area contributed by atoms with Crippen molar-refractivity contribution in [2.45, 2.75) is 26.1 Å². The van der Waals surface area contributed by atoms with Crippen LogP contribution in [0.5, 0.6) is 0 Å². The van der Waals surface area contributed by atoms with Crippen molar-refractivity contribution in [3.63, 3.8) is 0 Å². The molecule has 1 atom stereocenters. The summed E-state index contributed by atoms with van der Waals surface area (Å²) in [5, 5.41) is 6.99. The van der Waals surface area contributed by atoms with Crippen LogP contribution in [0.2, 0.25) is 0 Å². The largest absolute Gasteiger partial charge is 0.369 e. The number of carbonyl (C=O) groups excluding carboxylic acids is 1. The van der Waals surface area contributed by atoms with Gasteiger partial charge in [-0.3, -0.25) is 4.79 Å². The molecule has 0 saturated heterocycles. The minimum Gasteiger partial charge on any atom is -0.369 e. The van der Waals surface area contributed by atoms with Gasteiger partial charge in [0.2, 0.25) is 6.40 Å². The minimum atomic E-state index is -0.165. The van der Waals surface area contributed by atoms with E-state index < -0.39 is 0 Å². The van der Waals surface area contributed by atoms with Crippen molar-refractivity contribution in [2.75, 3.05) is 38.6 Å². The number of oxime groups is 1. The van der Waals surface area contributed by atoms with E-state index in [4.69, 9.17) is 9.57 Å². The van der Waals surface area contributed by atoms with E-state index in [9.17, 15) is 4.79 Å². The second-order valence-corrected chi connectivity index (χ2v) is 7.94. The van der Waals surface area contributed by atoms with Crippen molar-refractivity contribution in [1.82, 2.24) is 10.2 Å². The van der Waals surface area contributed by atoms with Crippen LogP contribution in [0.25, 0.3) is 0 Å². The molecule has 2 heterocycles. The Bertz CT molecular complexity index is 1030. The molecule has 1 aromatic carbocycles. The van der Waals surface area contributed by atoms with Gasteiger partial charge in [0, 0.05) is 25.8 Å². The maximum Gasteiger partial charge on any atom is 0.263 e. The number of nitrogens with zero attached hydrogens (tertiary/aromatic N) is 4. The number of ether oxygens (including phenoxy) is 1. The number of likely N-dealkylation sites (N-methyl/N-ethyl adjacent to an activating group) is 1. The van der Waals surface area contributed by atoms with Gasteiger partial charge in [0.25, 0.3) is 5.91 Å². The first-order chi connectivity index (χ1) is 16.6. The third kappa shape index (κ3) is 6.30. The van der Waals surface area contributed by atoms with Crippen molar-refractivity contribution in [1.29, 1.82) is 0 Å². The normalized spacial score (nSPS) is 17.5. The van der Waals surface area contributed by atoms with Gasteiger partial charge in [-0.25, -0.2) is 0 Å². The highest BCUT2D eigenvalue weighted by Gasteiger charge is 2.28. The summed E-state index contributed by atoms with van der Waals surface area (Å²) in [6.07, 6.45) is 11.2. The number of anilines is 1. The van der Waals surface area contributed by atoms with Crippen molar-refractivity contribution >= 4 is 24.2 Å². The summed E-state index contributed by atoms with van der Waals surface area (Å²) < 4.78 is 6.32. The summed E-state index contributed by atoms with van der Waals surface area (Å²) in [6, 6.07) is 7.90. The lowest BCUT2D eigenvalue weighted by Gasteiger charge is -2.23. The van der Waals surface area contributed by atoms with Crippen LogP contribution in [-0.2, 0) is 21.0 Å². The second kappa shape index (κ2) is 12.7. The fourth-order valence-corrected chi connectivity index (χ4v) is 3.82. The van der Waals surface area contributed by atoms with Gasteiger partial charge in [-0.2, -0.15) is 4.99 Å². The van der Waals surface area contributed by atoms with E-state index in [1.807, 2.05) is 62.3 Å². The summed E-state index contributed by atoms with van der Waals surface area (Å²) in [5.41, 5.74) is 3.30. The second-order valence-electron chi connectivity index (χ2n) is 7.94. The molecule has 34 heavy (non-hydrogen) atoms. The van der Waals surface area contributed by atoms with Crippen LogP contribution in [-0.4, -0.2) is 63.3 Å². The Labute approximate surface area is 201 Å². The number of allylic oxidation sites excluding steroid dienone is 3. The fourth-order valence-electron chi connectivity index (χ4n) is 3.82. The molecule has 8 heteroatoms. The third-order valence-electron chi connectivity index (χ3n) is 5.66. The van der Waals surface area contributed by atoms with E-state index in [1.54, 1.807) is 11.0 Å². The van der Waals surface area contributed by atoms with Gasteiger partial charge in [-0.1, -0.05) is 48.2 Å². The number of aliphatic imine (C=N–C) groups is 1. The van der Waals surface area contributed by atoms with Crippen LogP contribution >= 0.6 is 0 Å². The molecular formula is C26H33N5O3. The van der Waals surface area contributed by atoms with E-state index >= 15 is 0 Å². The Morgan fingerprint density at radius 1 is 1.38 bits per heavy atom. The third-order valence-corrected chi connectivity index (χ3v) is 5.66. The molecule has 0 aliphatic carbocycles. The molecule has 2 aliphatic rings. The summed E-state index contributed by atoms with van der Waals surface area (Å²) in [7, 11) is 3.83. The van der Waals surface area contributed by atoms with Crippen LogP contribution < -0.4 is 10.2 Å². The van der Waals surface area contributed by atoms with E-state index in [-0.39, 0.29) is 12.0 Å². The van der Waals surface area contributed by atoms with E-state index in [0.717, 1.165) is 29.8 Å². The first-order valence-electron chi connectivity index (χ1n) is 11.4. The smallest absolute Gasteiger partial charge is 0.263 e. The van der Waals surface area contributed by atoms with E-state index in [0.29, 0.717) is 31.1 Å². The van der Waals surface area contributed by atoms with Gasteiger partial charge in [-0.05, 0) is 50.2 Å². The highest BCUT2D eigenvalue weighted by atomic mass is 16.6. The lowest BCUT2D eigenvalue weighted by molar-refractivity contribution is -0.114. The Kier molecular flexibility index (Phi) is 9.37. The fraction of sp³-hybridized carbons (Fsp3) is 0.346. The molecule has 1 amide bonds. The monoisotopic (exact) mass is 463 g/mol. The molecule has 8 nitrogen and oxygen atoms in total. The Hall–Kier alpha value is -3.49. The standard InChI is InChI=1S/C26H33N5O3/c1-5-7-10-21(6-2)24(12-13-27-3)33-18-20-9-8-11-22(16-20)31-15-14-30(4)25-23(26(31)32)17-29-34-19-28-25/h5-11,16-17,19,24,27H,1,12-15,18H2,2-4H3/b10-7-,21-6+. The number of hydrogen-bond acceptors (Lipinski definition) is 7. The van der Waals surface area contributed by atoms with E-state index in [2.05, 4.69) is 28.1 Å². The maximum absolute atomic E-state index is 13.4. The minimum absolute atomic E-state index is 0.0569. The number of amides is 1. The number of benzene rings is 1. The average molecular weight is 464 g/mol. The molecule has 0 spiro atoms. The SMILES string of the molecule is C=C/C=C\C(=C/C)C(CCNC)OCc1cccc(N2CCN(C)C3=C(C=NOC=N3)C2=O)c1. The van der Waals surface area contributed by atoms with Crippen molar-refractivity contribution in [2.24, 2.45) is 10.1 Å². The quantitative estimate of drug-likeness (QED) is 0.538. The lowest BCUT2D eigenvalue weighted by atomic mass is 10.1. The number of rotatable bonds is 10. The molecule has 0 fully saturated rings. The summed E-state index contributed by atoms with van der Waals surface area (Å²) in [6.45, 7) is 8.18. The Balaban J connectivity index is 1.79. The van der Waals surface area contributed by atoms with Gasteiger partial charge in [0.1, 0.15) is 11.4 Å². The van der Waals surface area contributed by atoms with Crippen molar-refractivity contribution in [3.05, 3.63) is 77.7 Å². The first kappa shape index (κ1) is 25.1. The highest BCUT2D eigenvalue weighted by Crippen LogP contribution is 2.25. The van der Waals surface area contributed by atoms with Crippen LogP contribution in [0.1, 0.15) is 18.9 Å². The van der Waals surface area contributed by atoms with Gasteiger partial charge in [0.05, 0.1) is 18.9 Å². The zero-order valence-corrected chi connectivity index (χ0v) is 20.1. The summed E-state index contributed by atoms with van der Waals surface area (Å²) >= 11 is 0. The number of carbonyl (C=O) groups is 1. The molecule has 0 aromatic heterocycles. The van der Waals surface area contributed by atoms with Crippen LogP contribution in [0.4, 0.5) is 5.69 Å². The highest BCUT2D eigenvalue weighted by molar-refractivity contribution is 6.19. The molecule has 1 unspecified atom stereocenters. The van der Waals surface area contributed by atoms with Gasteiger partial charge in [0.15, 0.2) is 0 Å². The molecule has 0 bridgehead atoms. The summed E-state index contributed by atoms with van der Waals surface area (Å²) in [4.78, 5) is 26.2. The zero-order valence-electron chi connectivity index (χ0n) is 20.1. The van der Waals surface area contributed by atoms with Crippen LogP contribution in [0.15, 0.2) is 82.3 Å². The van der Waals surface area contributed by atoms with Gasteiger partial charge in [-0.15, -0.1) is 0 Å².